The zero-order valence-electron chi connectivity index (χ0n) is 11.6. The SMILES string of the molecule is CCc1cccc2c(/C=N/NC(=O)c3ccco3)c[nH]c12. The van der Waals surface area contributed by atoms with Crippen LogP contribution < -0.4 is 5.43 Å². The van der Waals surface area contributed by atoms with Crippen molar-refractivity contribution in [1.82, 2.24) is 10.4 Å². The van der Waals surface area contributed by atoms with E-state index in [-0.39, 0.29) is 11.7 Å². The van der Waals surface area contributed by atoms with Crippen LogP contribution in [0.15, 0.2) is 52.3 Å². The van der Waals surface area contributed by atoms with E-state index in [0.717, 1.165) is 22.9 Å². The van der Waals surface area contributed by atoms with Crippen LogP contribution in [0.25, 0.3) is 10.9 Å². The van der Waals surface area contributed by atoms with Gasteiger partial charge in [0.2, 0.25) is 0 Å². The first-order valence-corrected chi connectivity index (χ1v) is 6.75. The van der Waals surface area contributed by atoms with Gasteiger partial charge in [0, 0.05) is 22.7 Å². The van der Waals surface area contributed by atoms with E-state index in [1.165, 1.54) is 11.8 Å². The van der Waals surface area contributed by atoms with Gasteiger partial charge in [-0.3, -0.25) is 4.79 Å². The number of furan rings is 1. The first-order chi connectivity index (χ1) is 10.3. The first-order valence-electron chi connectivity index (χ1n) is 6.75. The Hall–Kier alpha value is -2.82. The third kappa shape index (κ3) is 2.58. The maximum Gasteiger partial charge on any atom is 0.307 e. The molecular formula is C16H15N3O2. The summed E-state index contributed by atoms with van der Waals surface area (Å²) in [6, 6.07) is 9.39. The first kappa shape index (κ1) is 13.2. The highest BCUT2D eigenvalue weighted by Gasteiger charge is 2.07. The van der Waals surface area contributed by atoms with E-state index in [1.807, 2.05) is 18.3 Å². The van der Waals surface area contributed by atoms with Gasteiger partial charge in [0.05, 0.1) is 12.5 Å². The van der Waals surface area contributed by atoms with Crippen molar-refractivity contribution in [3.05, 3.63) is 59.7 Å². The Bertz CT molecular complexity index is 785. The Morgan fingerprint density at radius 1 is 1.38 bits per heavy atom. The van der Waals surface area contributed by atoms with Gasteiger partial charge in [-0.1, -0.05) is 25.1 Å². The molecule has 2 heterocycles. The molecule has 21 heavy (non-hydrogen) atoms. The molecule has 2 N–H and O–H groups in total. The smallest absolute Gasteiger partial charge is 0.307 e. The van der Waals surface area contributed by atoms with Crippen molar-refractivity contribution >= 4 is 23.0 Å². The van der Waals surface area contributed by atoms with E-state index in [9.17, 15) is 4.79 Å². The second-order valence-electron chi connectivity index (χ2n) is 4.61. The zero-order valence-corrected chi connectivity index (χ0v) is 11.6. The fourth-order valence-electron chi connectivity index (χ4n) is 2.26. The molecule has 106 valence electrons. The van der Waals surface area contributed by atoms with Gasteiger partial charge in [-0.05, 0) is 24.1 Å². The molecule has 0 aliphatic rings. The normalized spacial score (nSPS) is 11.3. The number of para-hydroxylation sites is 1. The molecule has 0 saturated carbocycles. The number of aryl methyl sites for hydroxylation is 1. The molecule has 0 aliphatic heterocycles. The van der Waals surface area contributed by atoms with E-state index in [0.29, 0.717) is 0 Å². The van der Waals surface area contributed by atoms with E-state index in [2.05, 4.69) is 28.5 Å². The Morgan fingerprint density at radius 2 is 2.29 bits per heavy atom. The maximum absolute atomic E-state index is 11.7. The van der Waals surface area contributed by atoms with E-state index >= 15 is 0 Å². The Balaban J connectivity index is 1.79. The third-order valence-corrected chi connectivity index (χ3v) is 3.33. The lowest BCUT2D eigenvalue weighted by Gasteiger charge is -1.99. The highest BCUT2D eigenvalue weighted by Crippen LogP contribution is 2.20. The Morgan fingerprint density at radius 3 is 3.05 bits per heavy atom. The number of aromatic amines is 1. The number of nitrogens with zero attached hydrogens (tertiary/aromatic N) is 1. The fraction of sp³-hybridized carbons (Fsp3) is 0.125. The lowest BCUT2D eigenvalue weighted by Crippen LogP contribution is -2.16. The van der Waals surface area contributed by atoms with Gasteiger partial charge in [-0.15, -0.1) is 0 Å². The van der Waals surface area contributed by atoms with Crippen LogP contribution in [-0.4, -0.2) is 17.1 Å². The van der Waals surface area contributed by atoms with Crippen LogP contribution in [0.4, 0.5) is 0 Å². The summed E-state index contributed by atoms with van der Waals surface area (Å²) in [5, 5.41) is 5.06. The molecule has 0 atom stereocenters. The molecule has 1 amide bonds. The van der Waals surface area contributed by atoms with Gasteiger partial charge in [-0.2, -0.15) is 5.10 Å². The molecule has 2 aromatic heterocycles. The van der Waals surface area contributed by atoms with E-state index in [4.69, 9.17) is 4.42 Å². The average molecular weight is 281 g/mol. The topological polar surface area (TPSA) is 70.4 Å². The number of nitrogens with one attached hydrogen (secondary N) is 2. The number of carbonyl (C=O) groups is 1. The number of benzene rings is 1. The molecule has 0 bridgehead atoms. The lowest BCUT2D eigenvalue weighted by atomic mass is 10.1. The zero-order chi connectivity index (χ0) is 14.7. The van der Waals surface area contributed by atoms with Crippen LogP contribution in [0, 0.1) is 0 Å². The van der Waals surface area contributed by atoms with Crippen molar-refractivity contribution in [3.8, 4) is 0 Å². The summed E-state index contributed by atoms with van der Waals surface area (Å²) in [6.45, 7) is 2.12. The number of carbonyl (C=O) groups excluding carboxylic acids is 1. The van der Waals surface area contributed by atoms with Crippen molar-refractivity contribution in [1.29, 1.82) is 0 Å². The summed E-state index contributed by atoms with van der Waals surface area (Å²) < 4.78 is 4.99. The molecule has 0 aliphatic carbocycles. The van der Waals surface area contributed by atoms with Gasteiger partial charge in [0.25, 0.3) is 0 Å². The summed E-state index contributed by atoms with van der Waals surface area (Å²) in [4.78, 5) is 14.9. The molecule has 5 nitrogen and oxygen atoms in total. The Labute approximate surface area is 121 Å². The van der Waals surface area contributed by atoms with Crippen molar-refractivity contribution < 1.29 is 9.21 Å². The monoisotopic (exact) mass is 281 g/mol. The summed E-state index contributed by atoms with van der Waals surface area (Å²) in [5.74, 6) is -0.135. The maximum atomic E-state index is 11.7. The standard InChI is InChI=1S/C16H15N3O2/c1-2-11-5-3-6-13-12(9-17-15(11)13)10-18-19-16(20)14-7-4-8-21-14/h3-10,17H,2H2,1H3,(H,19,20)/b18-10+. The van der Waals surface area contributed by atoms with Gasteiger partial charge in [0.15, 0.2) is 5.76 Å². The van der Waals surface area contributed by atoms with Crippen LogP contribution in [0.1, 0.15) is 28.6 Å². The van der Waals surface area contributed by atoms with Crippen LogP contribution in [0.2, 0.25) is 0 Å². The molecule has 1 aromatic carbocycles. The average Bonchev–Trinajstić information content (AvgIpc) is 3.16. The molecule has 0 fully saturated rings. The molecule has 3 aromatic rings. The molecule has 5 heteroatoms. The summed E-state index contributed by atoms with van der Waals surface area (Å²) in [5.41, 5.74) is 5.74. The second kappa shape index (κ2) is 5.66. The van der Waals surface area contributed by atoms with Crippen molar-refractivity contribution in [3.63, 3.8) is 0 Å². The van der Waals surface area contributed by atoms with Gasteiger partial charge in [-0.25, -0.2) is 5.43 Å². The predicted molar refractivity (Wildman–Crippen MR) is 81.4 cm³/mol. The number of H-pyrrole nitrogens is 1. The number of hydrazone groups is 1. The molecule has 0 radical (unpaired) electrons. The number of aromatic nitrogens is 1. The molecule has 3 rings (SSSR count). The largest absolute Gasteiger partial charge is 0.459 e. The minimum Gasteiger partial charge on any atom is -0.459 e. The number of rotatable bonds is 4. The summed E-state index contributed by atoms with van der Waals surface area (Å²) >= 11 is 0. The van der Waals surface area contributed by atoms with Gasteiger partial charge < -0.3 is 9.40 Å². The minimum absolute atomic E-state index is 0.236. The van der Waals surface area contributed by atoms with Gasteiger partial charge >= 0.3 is 5.91 Å². The number of hydrogen-bond acceptors (Lipinski definition) is 3. The molecule has 0 saturated heterocycles. The Kier molecular flexibility index (Phi) is 3.55. The number of amides is 1. The number of hydrogen-bond donors (Lipinski definition) is 2. The highest BCUT2D eigenvalue weighted by molar-refractivity contribution is 6.00. The van der Waals surface area contributed by atoms with Crippen LogP contribution in [-0.2, 0) is 6.42 Å². The fourth-order valence-corrected chi connectivity index (χ4v) is 2.26. The second-order valence-corrected chi connectivity index (χ2v) is 4.61. The van der Waals surface area contributed by atoms with Crippen LogP contribution in [0.5, 0.6) is 0 Å². The van der Waals surface area contributed by atoms with Crippen LogP contribution in [0.3, 0.4) is 0 Å². The number of fused-ring (bicyclic) bond motifs is 1. The van der Waals surface area contributed by atoms with Crippen molar-refractivity contribution in [2.45, 2.75) is 13.3 Å². The highest BCUT2D eigenvalue weighted by atomic mass is 16.3. The lowest BCUT2D eigenvalue weighted by molar-refractivity contribution is 0.0927. The minimum atomic E-state index is -0.370. The van der Waals surface area contributed by atoms with Crippen LogP contribution >= 0.6 is 0 Å². The molecule has 0 spiro atoms. The summed E-state index contributed by atoms with van der Waals surface area (Å²) in [7, 11) is 0. The quantitative estimate of drug-likeness (QED) is 0.570. The van der Waals surface area contributed by atoms with E-state index in [1.54, 1.807) is 18.3 Å². The molecule has 0 unspecified atom stereocenters. The molecular weight excluding hydrogens is 266 g/mol. The summed E-state index contributed by atoms with van der Waals surface area (Å²) in [6.07, 6.45) is 5.92. The van der Waals surface area contributed by atoms with Gasteiger partial charge in [0.1, 0.15) is 0 Å². The van der Waals surface area contributed by atoms with Crippen molar-refractivity contribution in [2.24, 2.45) is 5.10 Å². The van der Waals surface area contributed by atoms with Crippen molar-refractivity contribution in [2.75, 3.05) is 0 Å². The third-order valence-electron chi connectivity index (χ3n) is 3.33. The predicted octanol–water partition coefficient (Wildman–Crippen LogP) is 3.09. The van der Waals surface area contributed by atoms with E-state index < -0.39 is 0 Å².